The summed E-state index contributed by atoms with van der Waals surface area (Å²) in [6, 6.07) is 10.2. The lowest BCUT2D eigenvalue weighted by atomic mass is 10.2. The number of ether oxygens (including phenoxy) is 1. The van der Waals surface area contributed by atoms with Gasteiger partial charge >= 0.3 is 5.97 Å². The fourth-order valence-corrected chi connectivity index (χ4v) is 2.65. The van der Waals surface area contributed by atoms with Gasteiger partial charge < -0.3 is 4.74 Å². The fourth-order valence-electron chi connectivity index (χ4n) is 1.66. The molecule has 0 amide bonds. The SMILES string of the molecule is CCc1ccc(OC(=O)c2ccc(Cl)cc2Cl)c(Br)c1. The van der Waals surface area contributed by atoms with Crippen LogP contribution < -0.4 is 4.74 Å². The van der Waals surface area contributed by atoms with Gasteiger partial charge in [-0.2, -0.15) is 0 Å². The van der Waals surface area contributed by atoms with Gasteiger partial charge in [0.15, 0.2) is 0 Å². The predicted octanol–water partition coefficient (Wildman–Crippen LogP) is 5.54. The van der Waals surface area contributed by atoms with Crippen LogP contribution in [0.15, 0.2) is 40.9 Å². The van der Waals surface area contributed by atoms with Crippen molar-refractivity contribution in [2.75, 3.05) is 0 Å². The molecular weight excluding hydrogens is 363 g/mol. The van der Waals surface area contributed by atoms with Crippen molar-refractivity contribution in [2.24, 2.45) is 0 Å². The Balaban J connectivity index is 2.23. The van der Waals surface area contributed by atoms with Gasteiger partial charge in [-0.15, -0.1) is 0 Å². The number of aryl methyl sites for hydroxylation is 1. The molecule has 20 heavy (non-hydrogen) atoms. The standard InChI is InChI=1S/C15H11BrCl2O2/c1-2-9-3-6-14(12(16)7-9)20-15(19)11-5-4-10(17)8-13(11)18/h3-8H,2H2,1H3. The number of halogens is 3. The molecule has 104 valence electrons. The third-order valence-corrected chi connectivity index (χ3v) is 3.93. The number of hydrogen-bond donors (Lipinski definition) is 0. The molecule has 0 bridgehead atoms. The van der Waals surface area contributed by atoms with Crippen molar-refractivity contribution in [3.63, 3.8) is 0 Å². The Bertz CT molecular complexity index is 656. The Labute approximate surface area is 135 Å². The van der Waals surface area contributed by atoms with Crippen LogP contribution in [0.2, 0.25) is 10.0 Å². The normalized spacial score (nSPS) is 10.4. The molecule has 0 fully saturated rings. The first-order valence-corrected chi connectivity index (χ1v) is 7.51. The molecule has 0 N–H and O–H groups in total. The van der Waals surface area contributed by atoms with Crippen molar-refractivity contribution in [1.29, 1.82) is 0 Å². The number of esters is 1. The molecule has 0 aliphatic carbocycles. The van der Waals surface area contributed by atoms with Crippen LogP contribution >= 0.6 is 39.1 Å². The van der Waals surface area contributed by atoms with E-state index in [4.69, 9.17) is 27.9 Å². The van der Waals surface area contributed by atoms with Crippen molar-refractivity contribution >= 4 is 45.1 Å². The van der Waals surface area contributed by atoms with Gasteiger partial charge in [0.05, 0.1) is 15.1 Å². The molecule has 5 heteroatoms. The smallest absolute Gasteiger partial charge is 0.345 e. The molecule has 0 saturated heterocycles. The summed E-state index contributed by atoms with van der Waals surface area (Å²) in [5, 5.41) is 0.740. The van der Waals surface area contributed by atoms with Gasteiger partial charge in [0, 0.05) is 5.02 Å². The summed E-state index contributed by atoms with van der Waals surface area (Å²) < 4.78 is 6.07. The van der Waals surface area contributed by atoms with E-state index in [1.54, 1.807) is 18.2 Å². The Morgan fingerprint density at radius 2 is 1.95 bits per heavy atom. The van der Waals surface area contributed by atoms with E-state index < -0.39 is 5.97 Å². The predicted molar refractivity (Wildman–Crippen MR) is 84.9 cm³/mol. The van der Waals surface area contributed by atoms with Crippen molar-refractivity contribution < 1.29 is 9.53 Å². The lowest BCUT2D eigenvalue weighted by molar-refractivity contribution is 0.0733. The zero-order valence-electron chi connectivity index (χ0n) is 10.6. The van der Waals surface area contributed by atoms with Crippen LogP contribution in [-0.4, -0.2) is 5.97 Å². The van der Waals surface area contributed by atoms with Crippen LogP contribution in [0.4, 0.5) is 0 Å². The number of benzene rings is 2. The van der Waals surface area contributed by atoms with Gasteiger partial charge in [-0.25, -0.2) is 4.79 Å². The zero-order valence-corrected chi connectivity index (χ0v) is 13.7. The summed E-state index contributed by atoms with van der Waals surface area (Å²) in [5.74, 6) is -0.0603. The quantitative estimate of drug-likeness (QED) is 0.521. The minimum Gasteiger partial charge on any atom is -0.422 e. The van der Waals surface area contributed by atoms with Gasteiger partial charge in [-0.1, -0.05) is 36.2 Å². The Morgan fingerprint density at radius 3 is 2.55 bits per heavy atom. The van der Waals surface area contributed by atoms with E-state index in [9.17, 15) is 4.79 Å². The average molecular weight is 374 g/mol. The maximum absolute atomic E-state index is 12.1. The van der Waals surface area contributed by atoms with E-state index in [0.717, 1.165) is 16.5 Å². The van der Waals surface area contributed by atoms with Gasteiger partial charge in [-0.05, 0) is 58.2 Å². The topological polar surface area (TPSA) is 26.3 Å². The number of rotatable bonds is 3. The third-order valence-electron chi connectivity index (χ3n) is 2.76. The number of carbonyl (C=O) groups excluding carboxylic acids is 1. The van der Waals surface area contributed by atoms with Crippen LogP contribution in [0.25, 0.3) is 0 Å². The summed E-state index contributed by atoms with van der Waals surface area (Å²) in [4.78, 5) is 12.1. The summed E-state index contributed by atoms with van der Waals surface area (Å²) in [6.07, 6.45) is 0.913. The zero-order chi connectivity index (χ0) is 14.7. The summed E-state index contributed by atoms with van der Waals surface area (Å²) in [6.45, 7) is 2.06. The second-order valence-electron chi connectivity index (χ2n) is 4.13. The lowest BCUT2D eigenvalue weighted by Crippen LogP contribution is -2.09. The van der Waals surface area contributed by atoms with E-state index in [0.29, 0.717) is 10.8 Å². The van der Waals surface area contributed by atoms with E-state index >= 15 is 0 Å². The Hall–Kier alpha value is -1.03. The first-order chi connectivity index (χ1) is 9.51. The molecule has 0 radical (unpaired) electrons. The van der Waals surface area contributed by atoms with Crippen molar-refractivity contribution in [3.05, 3.63) is 62.0 Å². The summed E-state index contributed by atoms with van der Waals surface area (Å²) >= 11 is 15.2. The second-order valence-corrected chi connectivity index (χ2v) is 5.83. The van der Waals surface area contributed by atoms with Crippen molar-refractivity contribution in [3.8, 4) is 5.75 Å². The number of carbonyl (C=O) groups is 1. The van der Waals surface area contributed by atoms with E-state index in [1.165, 1.54) is 6.07 Å². The van der Waals surface area contributed by atoms with Crippen LogP contribution in [0.3, 0.4) is 0 Å². The highest BCUT2D eigenvalue weighted by Crippen LogP contribution is 2.28. The van der Waals surface area contributed by atoms with Crippen molar-refractivity contribution in [1.82, 2.24) is 0 Å². The molecule has 0 aromatic heterocycles. The Morgan fingerprint density at radius 1 is 1.20 bits per heavy atom. The maximum Gasteiger partial charge on any atom is 0.345 e. The first kappa shape index (κ1) is 15.4. The molecule has 2 rings (SSSR count). The molecule has 0 atom stereocenters. The molecule has 0 aliphatic rings. The first-order valence-electron chi connectivity index (χ1n) is 5.97. The average Bonchev–Trinajstić information content (AvgIpc) is 2.40. The molecule has 2 nitrogen and oxygen atoms in total. The highest BCUT2D eigenvalue weighted by atomic mass is 79.9. The monoisotopic (exact) mass is 372 g/mol. The highest BCUT2D eigenvalue weighted by Gasteiger charge is 2.14. The largest absolute Gasteiger partial charge is 0.422 e. The van der Waals surface area contributed by atoms with Crippen LogP contribution in [-0.2, 0) is 6.42 Å². The van der Waals surface area contributed by atoms with Crippen LogP contribution in [0, 0.1) is 0 Å². The Kier molecular flexibility index (Phi) is 5.08. The van der Waals surface area contributed by atoms with E-state index in [1.807, 2.05) is 12.1 Å². The molecule has 0 heterocycles. The van der Waals surface area contributed by atoms with Crippen LogP contribution in [0.5, 0.6) is 5.75 Å². The fraction of sp³-hybridized carbons (Fsp3) is 0.133. The second kappa shape index (κ2) is 6.61. The molecule has 2 aromatic carbocycles. The van der Waals surface area contributed by atoms with Gasteiger partial charge in [0.25, 0.3) is 0 Å². The number of hydrogen-bond acceptors (Lipinski definition) is 2. The third kappa shape index (κ3) is 3.54. The van der Waals surface area contributed by atoms with Gasteiger partial charge in [0.1, 0.15) is 5.75 Å². The van der Waals surface area contributed by atoms with E-state index in [-0.39, 0.29) is 10.6 Å². The molecule has 2 aromatic rings. The molecule has 0 unspecified atom stereocenters. The van der Waals surface area contributed by atoms with Crippen molar-refractivity contribution in [2.45, 2.75) is 13.3 Å². The lowest BCUT2D eigenvalue weighted by Gasteiger charge is -2.09. The van der Waals surface area contributed by atoms with Gasteiger partial charge in [-0.3, -0.25) is 0 Å². The molecule has 0 aliphatic heterocycles. The minimum absolute atomic E-state index is 0.267. The van der Waals surface area contributed by atoms with E-state index in [2.05, 4.69) is 22.9 Å². The van der Waals surface area contributed by atoms with Gasteiger partial charge in [0.2, 0.25) is 0 Å². The molecular formula is C15H11BrCl2O2. The molecule has 0 saturated carbocycles. The minimum atomic E-state index is -0.517. The summed E-state index contributed by atoms with van der Waals surface area (Å²) in [5.41, 5.74) is 1.43. The maximum atomic E-state index is 12.1. The molecule has 0 spiro atoms. The van der Waals surface area contributed by atoms with Crippen LogP contribution in [0.1, 0.15) is 22.8 Å². The highest BCUT2D eigenvalue weighted by molar-refractivity contribution is 9.10. The summed E-state index contributed by atoms with van der Waals surface area (Å²) in [7, 11) is 0.